The van der Waals surface area contributed by atoms with E-state index in [-0.39, 0.29) is 0 Å². The van der Waals surface area contributed by atoms with E-state index in [9.17, 15) is 4.79 Å². The zero-order valence-corrected chi connectivity index (χ0v) is 9.37. The molecule has 0 amide bonds. The highest BCUT2D eigenvalue weighted by molar-refractivity contribution is 7.99. The summed E-state index contributed by atoms with van der Waals surface area (Å²) in [6.45, 7) is 0.833. The molecule has 0 bridgehead atoms. The molecule has 1 atom stereocenters. The van der Waals surface area contributed by atoms with Crippen LogP contribution in [-0.4, -0.2) is 26.6 Å². The molecule has 1 N–H and O–H groups in total. The topological polar surface area (TPSA) is 42.2 Å². The van der Waals surface area contributed by atoms with E-state index >= 15 is 0 Å². The lowest BCUT2D eigenvalue weighted by atomic mass is 10.2. The predicted molar refractivity (Wildman–Crippen MR) is 61.5 cm³/mol. The van der Waals surface area contributed by atoms with Gasteiger partial charge in [0.1, 0.15) is 5.69 Å². The SMILES string of the molecule is O=C(O)c1cccn1CC1CCCCS1. The van der Waals surface area contributed by atoms with Gasteiger partial charge in [0.05, 0.1) is 0 Å². The van der Waals surface area contributed by atoms with E-state index in [4.69, 9.17) is 5.11 Å². The van der Waals surface area contributed by atoms with Crippen molar-refractivity contribution in [1.82, 2.24) is 4.57 Å². The molecule has 1 fully saturated rings. The zero-order chi connectivity index (χ0) is 10.7. The van der Waals surface area contributed by atoms with Crippen LogP contribution >= 0.6 is 11.8 Å². The molecule has 0 saturated carbocycles. The van der Waals surface area contributed by atoms with Gasteiger partial charge in [0.25, 0.3) is 0 Å². The maximum Gasteiger partial charge on any atom is 0.352 e. The van der Waals surface area contributed by atoms with Crippen molar-refractivity contribution in [1.29, 1.82) is 0 Å². The number of aromatic nitrogens is 1. The molecule has 2 rings (SSSR count). The number of carbonyl (C=O) groups is 1. The minimum Gasteiger partial charge on any atom is -0.477 e. The lowest BCUT2D eigenvalue weighted by Crippen LogP contribution is -2.19. The number of aromatic carboxylic acids is 1. The van der Waals surface area contributed by atoms with Crippen LogP contribution in [0.4, 0.5) is 0 Å². The lowest BCUT2D eigenvalue weighted by molar-refractivity contribution is 0.0685. The average Bonchev–Trinajstić information content (AvgIpc) is 2.67. The number of nitrogens with zero attached hydrogens (tertiary/aromatic N) is 1. The van der Waals surface area contributed by atoms with Gasteiger partial charge in [-0.15, -0.1) is 0 Å². The summed E-state index contributed by atoms with van der Waals surface area (Å²) in [7, 11) is 0. The van der Waals surface area contributed by atoms with E-state index in [1.165, 1.54) is 25.0 Å². The summed E-state index contributed by atoms with van der Waals surface area (Å²) in [6, 6.07) is 3.47. The molecule has 1 aliphatic rings. The summed E-state index contributed by atoms with van der Waals surface area (Å²) in [5, 5.41) is 9.54. The molecule has 1 aliphatic heterocycles. The molecule has 0 aliphatic carbocycles. The van der Waals surface area contributed by atoms with Crippen molar-refractivity contribution in [2.75, 3.05) is 5.75 Å². The lowest BCUT2D eigenvalue weighted by Gasteiger charge is -2.22. The molecule has 0 aromatic carbocycles. The number of thioether (sulfide) groups is 1. The Bertz CT molecular complexity index is 342. The fraction of sp³-hybridized carbons (Fsp3) is 0.545. The Balaban J connectivity index is 2.03. The highest BCUT2D eigenvalue weighted by Gasteiger charge is 2.17. The van der Waals surface area contributed by atoms with Gasteiger partial charge in [-0.3, -0.25) is 0 Å². The number of hydrogen-bond acceptors (Lipinski definition) is 2. The monoisotopic (exact) mass is 225 g/mol. The fourth-order valence-corrected chi connectivity index (χ4v) is 3.24. The van der Waals surface area contributed by atoms with E-state index in [0.29, 0.717) is 10.9 Å². The van der Waals surface area contributed by atoms with Gasteiger partial charge in [-0.25, -0.2) is 4.79 Å². The van der Waals surface area contributed by atoms with Crippen molar-refractivity contribution in [3.63, 3.8) is 0 Å². The third-order valence-corrected chi connectivity index (χ3v) is 4.10. The average molecular weight is 225 g/mol. The zero-order valence-electron chi connectivity index (χ0n) is 8.56. The van der Waals surface area contributed by atoms with Gasteiger partial charge in [-0.1, -0.05) is 6.42 Å². The molecule has 3 nitrogen and oxygen atoms in total. The first-order valence-corrected chi connectivity index (χ1v) is 6.32. The van der Waals surface area contributed by atoms with E-state index < -0.39 is 5.97 Å². The number of carboxylic acid groups (broad SMARTS) is 1. The molecule has 0 spiro atoms. The summed E-state index contributed by atoms with van der Waals surface area (Å²) >= 11 is 1.97. The standard InChI is InChI=1S/C11H15NO2S/c13-11(14)10-5-3-6-12(10)8-9-4-1-2-7-15-9/h3,5-6,9H,1-2,4,7-8H2,(H,13,14). The van der Waals surface area contributed by atoms with E-state index in [0.717, 1.165) is 6.54 Å². The van der Waals surface area contributed by atoms with Crippen LogP contribution in [0.1, 0.15) is 29.8 Å². The highest BCUT2D eigenvalue weighted by atomic mass is 32.2. The molecule has 0 radical (unpaired) electrons. The number of hydrogen-bond donors (Lipinski definition) is 1. The second kappa shape index (κ2) is 4.75. The van der Waals surface area contributed by atoms with Crippen molar-refractivity contribution in [3.8, 4) is 0 Å². The first kappa shape index (κ1) is 10.6. The molecule has 82 valence electrons. The molecule has 15 heavy (non-hydrogen) atoms. The first-order chi connectivity index (χ1) is 7.27. The van der Waals surface area contributed by atoms with Gasteiger partial charge in [0, 0.05) is 18.0 Å². The second-order valence-electron chi connectivity index (χ2n) is 3.84. The van der Waals surface area contributed by atoms with Crippen molar-refractivity contribution >= 4 is 17.7 Å². The summed E-state index contributed by atoms with van der Waals surface area (Å²) in [6.07, 6.45) is 5.65. The Morgan fingerprint density at radius 1 is 1.60 bits per heavy atom. The minimum absolute atomic E-state index is 0.404. The Morgan fingerprint density at radius 2 is 2.47 bits per heavy atom. The van der Waals surface area contributed by atoms with E-state index in [1.54, 1.807) is 12.1 Å². The Kier molecular flexibility index (Phi) is 3.36. The third-order valence-electron chi connectivity index (χ3n) is 2.72. The molecule has 1 saturated heterocycles. The van der Waals surface area contributed by atoms with Crippen LogP contribution in [0, 0.1) is 0 Å². The van der Waals surface area contributed by atoms with E-state index in [2.05, 4.69) is 0 Å². The summed E-state index contributed by atoms with van der Waals surface area (Å²) in [4.78, 5) is 10.9. The maximum atomic E-state index is 10.9. The molecule has 2 heterocycles. The van der Waals surface area contributed by atoms with Gasteiger partial charge in [-0.05, 0) is 30.7 Å². The largest absolute Gasteiger partial charge is 0.477 e. The fourth-order valence-electron chi connectivity index (χ4n) is 1.94. The molecule has 1 unspecified atom stereocenters. The molecule has 1 aromatic rings. The van der Waals surface area contributed by atoms with Gasteiger partial charge >= 0.3 is 5.97 Å². The van der Waals surface area contributed by atoms with Crippen LogP contribution in [0.2, 0.25) is 0 Å². The van der Waals surface area contributed by atoms with Crippen LogP contribution in [0.25, 0.3) is 0 Å². The molecular formula is C11H15NO2S. The van der Waals surface area contributed by atoms with Crippen LogP contribution in [0.3, 0.4) is 0 Å². The van der Waals surface area contributed by atoms with Gasteiger partial charge < -0.3 is 9.67 Å². The molecule has 1 aromatic heterocycles. The van der Waals surface area contributed by atoms with Crippen LogP contribution in [-0.2, 0) is 6.54 Å². The molecule has 4 heteroatoms. The summed E-state index contributed by atoms with van der Waals surface area (Å²) in [5.41, 5.74) is 0.404. The van der Waals surface area contributed by atoms with Crippen molar-refractivity contribution < 1.29 is 9.90 Å². The number of carboxylic acids is 1. The second-order valence-corrected chi connectivity index (χ2v) is 5.25. The van der Waals surface area contributed by atoms with Gasteiger partial charge in [0.2, 0.25) is 0 Å². The maximum absolute atomic E-state index is 10.9. The van der Waals surface area contributed by atoms with Gasteiger partial charge in [-0.2, -0.15) is 11.8 Å². The first-order valence-electron chi connectivity index (χ1n) is 5.27. The highest BCUT2D eigenvalue weighted by Crippen LogP contribution is 2.26. The molecular weight excluding hydrogens is 210 g/mol. The van der Waals surface area contributed by atoms with Crippen molar-refractivity contribution in [3.05, 3.63) is 24.0 Å². The van der Waals surface area contributed by atoms with Crippen molar-refractivity contribution in [2.24, 2.45) is 0 Å². The Labute approximate surface area is 93.5 Å². The normalized spacial score (nSPS) is 21.5. The van der Waals surface area contributed by atoms with Crippen LogP contribution in [0.5, 0.6) is 0 Å². The third kappa shape index (κ3) is 2.56. The Hall–Kier alpha value is -0.900. The van der Waals surface area contributed by atoms with Crippen LogP contribution < -0.4 is 0 Å². The smallest absolute Gasteiger partial charge is 0.352 e. The quantitative estimate of drug-likeness (QED) is 0.859. The number of rotatable bonds is 3. The van der Waals surface area contributed by atoms with E-state index in [1.807, 2.05) is 22.5 Å². The minimum atomic E-state index is -0.833. The predicted octanol–water partition coefficient (Wildman–Crippen LogP) is 2.47. The summed E-state index contributed by atoms with van der Waals surface area (Å²) < 4.78 is 1.85. The van der Waals surface area contributed by atoms with Crippen molar-refractivity contribution in [2.45, 2.75) is 31.1 Å². The Morgan fingerprint density at radius 3 is 3.13 bits per heavy atom. The van der Waals surface area contributed by atoms with Gasteiger partial charge in [0.15, 0.2) is 0 Å². The van der Waals surface area contributed by atoms with Crippen LogP contribution in [0.15, 0.2) is 18.3 Å². The summed E-state index contributed by atoms with van der Waals surface area (Å²) in [5.74, 6) is 0.384.